The lowest BCUT2D eigenvalue weighted by Gasteiger charge is -2.24. The van der Waals surface area contributed by atoms with Crippen molar-refractivity contribution < 1.29 is 37.2 Å². The van der Waals surface area contributed by atoms with E-state index in [4.69, 9.17) is 19.0 Å². The number of carbonyl (C=O) groups is 1. The van der Waals surface area contributed by atoms with Crippen molar-refractivity contribution in [3.05, 3.63) is 66.1 Å². The minimum atomic E-state index is -4.50. The first-order valence-corrected chi connectivity index (χ1v) is 15.5. The predicted octanol–water partition coefficient (Wildman–Crippen LogP) is 4.29. The lowest BCUT2D eigenvalue weighted by Crippen LogP contribution is -2.34. The number of phosphoric ester groups is 1. The number of fused-ring (bicyclic) bond motifs is 1. The number of hydrogen-bond acceptors (Lipinski definition) is 9. The molecule has 0 radical (unpaired) electrons. The van der Waals surface area contributed by atoms with Gasteiger partial charge in [-0.2, -0.15) is 5.10 Å². The summed E-state index contributed by atoms with van der Waals surface area (Å²) >= 11 is 0. The number of likely N-dealkylation sites (tertiary alicyclic amines) is 1. The Labute approximate surface area is 251 Å². The van der Waals surface area contributed by atoms with E-state index in [0.717, 1.165) is 37.4 Å². The number of aromatic nitrogens is 4. The summed E-state index contributed by atoms with van der Waals surface area (Å²) in [7, 11) is -4.50. The molecular formula is C28H32F2N7O6P. The summed E-state index contributed by atoms with van der Waals surface area (Å²) in [6, 6.07) is 10.5. The molecule has 1 aliphatic rings. The van der Waals surface area contributed by atoms with Gasteiger partial charge in [0.05, 0.1) is 30.3 Å². The molecule has 5 rings (SSSR count). The monoisotopic (exact) mass is 631 g/mol. The number of benzene rings is 2. The van der Waals surface area contributed by atoms with E-state index in [0.29, 0.717) is 41.6 Å². The third-order valence-corrected chi connectivity index (χ3v) is 7.80. The highest BCUT2D eigenvalue weighted by molar-refractivity contribution is 7.46. The average Bonchev–Trinajstić information content (AvgIpc) is 3.55. The van der Waals surface area contributed by atoms with Crippen LogP contribution in [0.3, 0.4) is 0 Å². The molecule has 0 saturated carbocycles. The van der Waals surface area contributed by atoms with Crippen molar-refractivity contribution in [2.24, 2.45) is 0 Å². The van der Waals surface area contributed by atoms with Gasteiger partial charge in [0.2, 0.25) is 5.91 Å². The summed E-state index contributed by atoms with van der Waals surface area (Å²) in [5.41, 5.74) is 0.853. The summed E-state index contributed by atoms with van der Waals surface area (Å²) in [4.78, 5) is 41.3. The fourth-order valence-corrected chi connectivity index (χ4v) is 5.68. The summed E-state index contributed by atoms with van der Waals surface area (Å²) in [6.07, 6.45) is 3.01. The standard InChI is InChI=1S/C28H32F2N7O6P/c1-17-24(43-44(39,40)41)9-11-37(17)10-2-3-12-42-19-7-8-20-23(15-19)31-16-32-28(20)34-25-13-18(35-36-25)14-26(38)33-22-6-4-5-21(29)27(22)30/h4-8,13,15-17,24H,2-3,9-12,14H2,1H3,(H,33,38)(H2,39,40,41)(H2,31,32,34,35,36)/t17-,24?/m1/s1. The highest BCUT2D eigenvalue weighted by atomic mass is 31.2. The number of aromatic amines is 1. The molecule has 0 spiro atoms. The van der Waals surface area contributed by atoms with Gasteiger partial charge in [0.25, 0.3) is 0 Å². The van der Waals surface area contributed by atoms with E-state index in [1.807, 2.05) is 19.1 Å². The Morgan fingerprint density at radius 3 is 2.84 bits per heavy atom. The molecule has 16 heteroatoms. The molecule has 1 fully saturated rings. The van der Waals surface area contributed by atoms with Crippen LogP contribution in [0.1, 0.15) is 31.9 Å². The second-order valence-electron chi connectivity index (χ2n) is 10.4. The molecular weight excluding hydrogens is 599 g/mol. The first-order chi connectivity index (χ1) is 21.1. The average molecular weight is 632 g/mol. The summed E-state index contributed by atoms with van der Waals surface area (Å²) in [5, 5.41) is 13.1. The van der Waals surface area contributed by atoms with Gasteiger partial charge in [-0.1, -0.05) is 6.07 Å². The number of phosphoric acid groups is 1. The van der Waals surface area contributed by atoms with E-state index < -0.39 is 31.5 Å². The van der Waals surface area contributed by atoms with E-state index in [1.54, 1.807) is 12.1 Å². The maximum Gasteiger partial charge on any atom is 0.469 e. The van der Waals surface area contributed by atoms with Crippen LogP contribution in [0.15, 0.2) is 48.8 Å². The van der Waals surface area contributed by atoms with Crippen LogP contribution < -0.4 is 15.4 Å². The maximum atomic E-state index is 13.8. The van der Waals surface area contributed by atoms with Crippen LogP contribution in [0, 0.1) is 11.6 Å². The van der Waals surface area contributed by atoms with E-state index in [9.17, 15) is 18.1 Å². The Kier molecular flexibility index (Phi) is 9.81. The van der Waals surface area contributed by atoms with Crippen molar-refractivity contribution in [1.29, 1.82) is 0 Å². The fraction of sp³-hybridized carbons (Fsp3) is 0.357. The van der Waals surface area contributed by atoms with Gasteiger partial charge >= 0.3 is 7.82 Å². The summed E-state index contributed by atoms with van der Waals surface area (Å²) in [5.74, 6) is -1.18. The molecule has 2 aromatic carbocycles. The first kappa shape index (κ1) is 31.4. The topological polar surface area (TPSA) is 175 Å². The van der Waals surface area contributed by atoms with Crippen LogP contribution in [-0.4, -0.2) is 72.6 Å². The number of amides is 1. The SMILES string of the molecule is C[C@@H]1C(OP(=O)(O)O)CCN1CCCCOc1ccc2c(Nc3cc(CC(=O)Nc4cccc(F)c4F)[nH]n3)ncnc2c1. The van der Waals surface area contributed by atoms with Crippen LogP contribution in [0.4, 0.5) is 26.1 Å². The number of nitrogens with zero attached hydrogens (tertiary/aromatic N) is 4. The minimum absolute atomic E-state index is 0.0724. The normalized spacial score (nSPS) is 17.2. The van der Waals surface area contributed by atoms with E-state index in [2.05, 4.69) is 35.7 Å². The molecule has 1 saturated heterocycles. The van der Waals surface area contributed by atoms with Crippen LogP contribution in [0.5, 0.6) is 5.75 Å². The number of carbonyl (C=O) groups excluding carboxylic acids is 1. The molecule has 1 unspecified atom stereocenters. The Balaban J connectivity index is 1.10. The molecule has 0 bridgehead atoms. The Morgan fingerprint density at radius 2 is 2.02 bits per heavy atom. The van der Waals surface area contributed by atoms with Gasteiger partial charge in [-0.05, 0) is 57.0 Å². The van der Waals surface area contributed by atoms with Gasteiger partial charge in [-0.3, -0.25) is 19.3 Å². The molecule has 4 aromatic rings. The number of ether oxygens (including phenoxy) is 1. The predicted molar refractivity (Wildman–Crippen MR) is 157 cm³/mol. The minimum Gasteiger partial charge on any atom is -0.494 e. The number of unbranched alkanes of at least 4 members (excludes halogenated alkanes) is 1. The van der Waals surface area contributed by atoms with Crippen molar-refractivity contribution in [1.82, 2.24) is 25.1 Å². The first-order valence-electron chi connectivity index (χ1n) is 14.0. The molecule has 2 aromatic heterocycles. The number of halogens is 2. The molecule has 2 atom stereocenters. The number of H-pyrrole nitrogens is 1. The van der Waals surface area contributed by atoms with Crippen LogP contribution in [0.25, 0.3) is 10.9 Å². The van der Waals surface area contributed by atoms with Gasteiger partial charge in [-0.15, -0.1) is 0 Å². The van der Waals surface area contributed by atoms with Crippen molar-refractivity contribution in [2.45, 2.75) is 44.8 Å². The third kappa shape index (κ3) is 8.12. The summed E-state index contributed by atoms with van der Waals surface area (Å²) < 4.78 is 49.2. The Hall–Kier alpha value is -4.01. The molecule has 234 valence electrons. The van der Waals surface area contributed by atoms with Crippen LogP contribution in [-0.2, 0) is 20.3 Å². The molecule has 13 nitrogen and oxygen atoms in total. The van der Waals surface area contributed by atoms with Gasteiger partial charge in [0, 0.05) is 35.8 Å². The second kappa shape index (κ2) is 13.7. The molecule has 44 heavy (non-hydrogen) atoms. The second-order valence-corrected chi connectivity index (χ2v) is 11.6. The molecule has 5 N–H and O–H groups in total. The lowest BCUT2D eigenvalue weighted by molar-refractivity contribution is -0.115. The zero-order chi connectivity index (χ0) is 31.3. The maximum absolute atomic E-state index is 13.8. The van der Waals surface area contributed by atoms with E-state index >= 15 is 0 Å². The van der Waals surface area contributed by atoms with E-state index in [-0.39, 0.29) is 18.2 Å². The number of rotatable bonds is 13. The number of hydrogen-bond donors (Lipinski definition) is 5. The molecule has 0 aliphatic carbocycles. The highest BCUT2D eigenvalue weighted by Crippen LogP contribution is 2.41. The summed E-state index contributed by atoms with van der Waals surface area (Å²) in [6.45, 7) is 3.90. The fourth-order valence-electron chi connectivity index (χ4n) is 5.04. The number of anilines is 3. The molecule has 3 heterocycles. The zero-order valence-electron chi connectivity index (χ0n) is 23.7. The Bertz CT molecular complexity index is 1670. The van der Waals surface area contributed by atoms with Gasteiger partial charge < -0.3 is 25.2 Å². The van der Waals surface area contributed by atoms with Crippen molar-refractivity contribution in [3.8, 4) is 5.75 Å². The van der Waals surface area contributed by atoms with E-state index in [1.165, 1.54) is 18.5 Å². The van der Waals surface area contributed by atoms with Crippen molar-refractivity contribution in [2.75, 3.05) is 30.3 Å². The van der Waals surface area contributed by atoms with Gasteiger partial charge in [-0.25, -0.2) is 23.3 Å². The quantitative estimate of drug-likeness (QED) is 0.105. The smallest absolute Gasteiger partial charge is 0.469 e. The largest absolute Gasteiger partial charge is 0.494 e. The Morgan fingerprint density at radius 1 is 1.18 bits per heavy atom. The zero-order valence-corrected chi connectivity index (χ0v) is 24.6. The number of nitrogens with one attached hydrogen (secondary N) is 3. The lowest BCUT2D eigenvalue weighted by atomic mass is 10.2. The van der Waals surface area contributed by atoms with Crippen molar-refractivity contribution in [3.63, 3.8) is 0 Å². The van der Waals surface area contributed by atoms with Crippen LogP contribution >= 0.6 is 7.82 Å². The van der Waals surface area contributed by atoms with Crippen molar-refractivity contribution >= 4 is 42.0 Å². The highest BCUT2D eigenvalue weighted by Gasteiger charge is 2.35. The molecule has 1 aliphatic heterocycles. The molecule has 1 amide bonds. The van der Waals surface area contributed by atoms with Gasteiger partial charge in [0.15, 0.2) is 17.5 Å². The third-order valence-electron chi connectivity index (χ3n) is 7.26. The van der Waals surface area contributed by atoms with Crippen LogP contribution in [0.2, 0.25) is 0 Å². The van der Waals surface area contributed by atoms with Gasteiger partial charge in [0.1, 0.15) is 17.9 Å².